The van der Waals surface area contributed by atoms with Gasteiger partial charge in [-0.05, 0) is 69.6 Å². The van der Waals surface area contributed by atoms with Crippen LogP contribution in [0.1, 0.15) is 46.0 Å². The van der Waals surface area contributed by atoms with Gasteiger partial charge in [0.05, 0.1) is 6.54 Å². The number of nitrogens with one attached hydrogen (secondary N) is 2. The predicted molar refractivity (Wildman–Crippen MR) is 72.1 cm³/mol. The van der Waals surface area contributed by atoms with Gasteiger partial charge in [0.15, 0.2) is 0 Å². The highest BCUT2D eigenvalue weighted by molar-refractivity contribution is 5.78. The van der Waals surface area contributed by atoms with Crippen LogP contribution in [-0.4, -0.2) is 24.5 Å². The van der Waals surface area contributed by atoms with E-state index in [-0.39, 0.29) is 11.9 Å². The minimum absolute atomic E-state index is 0.152. The van der Waals surface area contributed by atoms with Crippen LogP contribution in [0.5, 0.6) is 0 Å². The molecule has 18 heavy (non-hydrogen) atoms. The standard InChI is InChI=1S/C15H26N2O/c1-9(2)17-14(18)8-16-15-12-4-10-3-11(6-12)7-13(15)5-10/h9-13,15-16H,3-8H2,1-2H3,(H,17,18). The van der Waals surface area contributed by atoms with Gasteiger partial charge in [-0.15, -0.1) is 0 Å². The number of amides is 1. The number of carbonyl (C=O) groups excluding carboxylic acids is 1. The lowest BCUT2D eigenvalue weighted by Crippen LogP contribution is -2.56. The zero-order valence-electron chi connectivity index (χ0n) is 11.6. The molecular formula is C15H26N2O. The Labute approximate surface area is 110 Å². The molecule has 4 bridgehead atoms. The quantitative estimate of drug-likeness (QED) is 0.800. The summed E-state index contributed by atoms with van der Waals surface area (Å²) in [7, 11) is 0. The van der Waals surface area contributed by atoms with Crippen molar-refractivity contribution in [1.29, 1.82) is 0 Å². The first-order chi connectivity index (χ1) is 8.61. The molecule has 2 N–H and O–H groups in total. The topological polar surface area (TPSA) is 41.1 Å². The van der Waals surface area contributed by atoms with E-state index in [0.29, 0.717) is 12.6 Å². The number of hydrogen-bond donors (Lipinski definition) is 2. The van der Waals surface area contributed by atoms with Gasteiger partial charge in [0.1, 0.15) is 0 Å². The Balaban J connectivity index is 1.53. The van der Waals surface area contributed by atoms with Crippen molar-refractivity contribution in [2.75, 3.05) is 6.54 Å². The summed E-state index contributed by atoms with van der Waals surface area (Å²) in [6, 6.07) is 0.869. The van der Waals surface area contributed by atoms with E-state index < -0.39 is 0 Å². The normalized spacial score (nSPS) is 41.4. The van der Waals surface area contributed by atoms with Gasteiger partial charge in [0.2, 0.25) is 5.91 Å². The van der Waals surface area contributed by atoms with Crippen LogP contribution >= 0.6 is 0 Å². The first kappa shape index (κ1) is 12.5. The number of carbonyl (C=O) groups is 1. The van der Waals surface area contributed by atoms with Crippen molar-refractivity contribution in [1.82, 2.24) is 10.6 Å². The van der Waals surface area contributed by atoms with E-state index in [2.05, 4.69) is 10.6 Å². The SMILES string of the molecule is CC(C)NC(=O)CNC1C2CC3CC(C2)CC1C3. The summed E-state index contributed by atoms with van der Waals surface area (Å²) in [4.78, 5) is 11.7. The number of hydrogen-bond acceptors (Lipinski definition) is 2. The maximum atomic E-state index is 11.7. The summed E-state index contributed by atoms with van der Waals surface area (Å²) < 4.78 is 0. The molecule has 0 atom stereocenters. The molecule has 0 aliphatic heterocycles. The van der Waals surface area contributed by atoms with Crippen molar-refractivity contribution in [3.05, 3.63) is 0 Å². The van der Waals surface area contributed by atoms with Crippen LogP contribution in [0.2, 0.25) is 0 Å². The molecule has 4 rings (SSSR count). The van der Waals surface area contributed by atoms with E-state index in [1.807, 2.05) is 13.8 Å². The summed E-state index contributed by atoms with van der Waals surface area (Å²) in [6.45, 7) is 4.53. The monoisotopic (exact) mass is 250 g/mol. The van der Waals surface area contributed by atoms with Crippen LogP contribution in [0.25, 0.3) is 0 Å². The predicted octanol–water partition coefficient (Wildman–Crippen LogP) is 1.93. The van der Waals surface area contributed by atoms with E-state index in [1.165, 1.54) is 32.1 Å². The van der Waals surface area contributed by atoms with Crippen LogP contribution in [0, 0.1) is 23.7 Å². The van der Waals surface area contributed by atoms with Crippen LogP contribution < -0.4 is 10.6 Å². The Hall–Kier alpha value is -0.570. The second-order valence-corrected chi connectivity index (χ2v) is 7.06. The number of rotatable bonds is 4. The fourth-order valence-corrected chi connectivity index (χ4v) is 4.84. The maximum absolute atomic E-state index is 11.7. The average molecular weight is 250 g/mol. The maximum Gasteiger partial charge on any atom is 0.234 e. The molecule has 0 aromatic heterocycles. The lowest BCUT2D eigenvalue weighted by atomic mass is 9.54. The molecule has 0 aromatic carbocycles. The van der Waals surface area contributed by atoms with Gasteiger partial charge in [-0.1, -0.05) is 0 Å². The van der Waals surface area contributed by atoms with Crippen molar-refractivity contribution < 1.29 is 4.79 Å². The lowest BCUT2D eigenvalue weighted by Gasteiger charge is -2.54. The van der Waals surface area contributed by atoms with Crippen LogP contribution in [0.4, 0.5) is 0 Å². The molecule has 4 aliphatic carbocycles. The Morgan fingerprint density at radius 3 is 2.11 bits per heavy atom. The molecule has 4 saturated carbocycles. The highest BCUT2D eigenvalue weighted by atomic mass is 16.1. The summed E-state index contributed by atoms with van der Waals surface area (Å²) in [5.74, 6) is 3.88. The van der Waals surface area contributed by atoms with Crippen LogP contribution in [-0.2, 0) is 4.79 Å². The van der Waals surface area contributed by atoms with E-state index in [0.717, 1.165) is 23.7 Å². The first-order valence-electron chi connectivity index (χ1n) is 7.64. The second kappa shape index (κ2) is 4.84. The van der Waals surface area contributed by atoms with Crippen LogP contribution in [0.3, 0.4) is 0 Å². The fourth-order valence-electron chi connectivity index (χ4n) is 4.84. The molecule has 4 fully saturated rings. The zero-order valence-corrected chi connectivity index (χ0v) is 11.6. The molecule has 0 unspecified atom stereocenters. The molecule has 0 radical (unpaired) electrons. The average Bonchev–Trinajstić information content (AvgIpc) is 2.25. The molecular weight excluding hydrogens is 224 g/mol. The van der Waals surface area contributed by atoms with Crippen LogP contribution in [0.15, 0.2) is 0 Å². The third-order valence-electron chi connectivity index (χ3n) is 5.17. The highest BCUT2D eigenvalue weighted by Crippen LogP contribution is 2.53. The van der Waals surface area contributed by atoms with Gasteiger partial charge in [-0.2, -0.15) is 0 Å². The molecule has 0 saturated heterocycles. The summed E-state index contributed by atoms with van der Waals surface area (Å²) in [6.07, 6.45) is 7.15. The first-order valence-corrected chi connectivity index (χ1v) is 7.64. The van der Waals surface area contributed by atoms with E-state index in [4.69, 9.17) is 0 Å². The van der Waals surface area contributed by atoms with Crippen molar-refractivity contribution in [2.45, 2.75) is 58.0 Å². The van der Waals surface area contributed by atoms with Gasteiger partial charge in [-0.25, -0.2) is 0 Å². The summed E-state index contributed by atoms with van der Waals surface area (Å²) in [5.41, 5.74) is 0. The molecule has 3 heteroatoms. The molecule has 4 aliphatic rings. The lowest BCUT2D eigenvalue weighted by molar-refractivity contribution is -0.121. The molecule has 0 heterocycles. The Morgan fingerprint density at radius 2 is 1.61 bits per heavy atom. The molecule has 3 nitrogen and oxygen atoms in total. The smallest absolute Gasteiger partial charge is 0.234 e. The summed E-state index contributed by atoms with van der Waals surface area (Å²) >= 11 is 0. The largest absolute Gasteiger partial charge is 0.353 e. The summed E-state index contributed by atoms with van der Waals surface area (Å²) in [5, 5.41) is 6.52. The third-order valence-corrected chi connectivity index (χ3v) is 5.17. The second-order valence-electron chi connectivity index (χ2n) is 7.06. The van der Waals surface area contributed by atoms with Gasteiger partial charge in [0.25, 0.3) is 0 Å². The van der Waals surface area contributed by atoms with Crippen molar-refractivity contribution in [2.24, 2.45) is 23.7 Å². The van der Waals surface area contributed by atoms with Gasteiger partial charge in [-0.3, -0.25) is 4.79 Å². The van der Waals surface area contributed by atoms with E-state index in [9.17, 15) is 4.79 Å². The van der Waals surface area contributed by atoms with E-state index >= 15 is 0 Å². The third kappa shape index (κ3) is 2.42. The van der Waals surface area contributed by atoms with Gasteiger partial charge in [0, 0.05) is 12.1 Å². The molecule has 102 valence electrons. The minimum atomic E-state index is 0.152. The zero-order chi connectivity index (χ0) is 12.7. The Bertz CT molecular complexity index is 298. The Kier molecular flexibility index (Phi) is 3.35. The molecule has 0 spiro atoms. The van der Waals surface area contributed by atoms with Crippen molar-refractivity contribution in [3.8, 4) is 0 Å². The molecule has 0 aromatic rings. The fraction of sp³-hybridized carbons (Fsp3) is 0.933. The highest BCUT2D eigenvalue weighted by Gasteiger charge is 2.47. The van der Waals surface area contributed by atoms with Gasteiger partial charge >= 0.3 is 0 Å². The van der Waals surface area contributed by atoms with E-state index in [1.54, 1.807) is 0 Å². The van der Waals surface area contributed by atoms with Gasteiger partial charge < -0.3 is 10.6 Å². The minimum Gasteiger partial charge on any atom is -0.353 e. The Morgan fingerprint density at radius 1 is 1.06 bits per heavy atom. The van der Waals surface area contributed by atoms with Crippen molar-refractivity contribution in [3.63, 3.8) is 0 Å². The molecule has 1 amide bonds. The van der Waals surface area contributed by atoms with Crippen molar-refractivity contribution >= 4 is 5.91 Å².